The van der Waals surface area contributed by atoms with Gasteiger partial charge in [0.25, 0.3) is 0 Å². The molecule has 0 amide bonds. The van der Waals surface area contributed by atoms with Gasteiger partial charge in [-0.15, -0.1) is 0 Å². The van der Waals surface area contributed by atoms with Gasteiger partial charge in [0.15, 0.2) is 5.78 Å². The van der Waals surface area contributed by atoms with Gasteiger partial charge >= 0.3 is 0 Å². The molecule has 1 heterocycles. The Bertz CT molecular complexity index is 352. The third-order valence-corrected chi connectivity index (χ3v) is 2.92. The molecule has 0 fully saturated rings. The van der Waals surface area contributed by atoms with E-state index in [0.29, 0.717) is 6.42 Å². The molecule has 4 heteroatoms. The smallest absolute Gasteiger partial charge is 0.156 e. The molecule has 84 valence electrons. The van der Waals surface area contributed by atoms with Gasteiger partial charge in [-0.25, -0.2) is 0 Å². The van der Waals surface area contributed by atoms with Crippen LogP contribution in [0.5, 0.6) is 0 Å². The third-order valence-electron chi connectivity index (χ3n) is 2.92. The highest BCUT2D eigenvalue weighted by Crippen LogP contribution is 2.14. The Balaban J connectivity index is 2.71. The number of Topliss-reactive ketones (excluding diaryl/α,β-unsaturated/α-hetero) is 1. The van der Waals surface area contributed by atoms with E-state index in [-0.39, 0.29) is 5.78 Å². The van der Waals surface area contributed by atoms with Crippen LogP contribution in [0.25, 0.3) is 0 Å². The molecular formula is C11H19N3O. The molecule has 0 aromatic carbocycles. The van der Waals surface area contributed by atoms with Crippen LogP contribution in [0.4, 0.5) is 0 Å². The first-order chi connectivity index (χ1) is 6.84. The Morgan fingerprint density at radius 2 is 2.13 bits per heavy atom. The lowest BCUT2D eigenvalue weighted by Gasteiger charge is -2.30. The van der Waals surface area contributed by atoms with Crippen molar-refractivity contribution in [2.45, 2.75) is 25.8 Å². The number of aromatic nitrogens is 2. The Kier molecular flexibility index (Phi) is 3.29. The van der Waals surface area contributed by atoms with E-state index in [0.717, 1.165) is 5.56 Å². The van der Waals surface area contributed by atoms with Crippen LogP contribution in [0.1, 0.15) is 19.4 Å². The first-order valence-corrected chi connectivity index (χ1v) is 5.02. The lowest BCUT2D eigenvalue weighted by molar-refractivity contribution is -0.127. The molecule has 0 bridgehead atoms. The highest BCUT2D eigenvalue weighted by atomic mass is 16.1. The number of aryl methyl sites for hydroxylation is 1. The standard InChI is InChI=1S/C11H19N3O/c1-11(2,13(3)4)10(15)6-9-7-12-14(5)8-9/h7-8H,6H2,1-5H3. The number of carbonyl (C=O) groups excluding carboxylic acids is 1. The van der Waals surface area contributed by atoms with E-state index in [4.69, 9.17) is 0 Å². The Morgan fingerprint density at radius 3 is 2.53 bits per heavy atom. The fourth-order valence-corrected chi connectivity index (χ4v) is 1.21. The van der Waals surface area contributed by atoms with Gasteiger partial charge in [-0.05, 0) is 33.5 Å². The minimum atomic E-state index is -0.421. The van der Waals surface area contributed by atoms with Crippen molar-refractivity contribution in [3.63, 3.8) is 0 Å². The summed E-state index contributed by atoms with van der Waals surface area (Å²) in [5.41, 5.74) is 0.549. The first kappa shape index (κ1) is 11.9. The molecule has 1 rings (SSSR count). The fourth-order valence-electron chi connectivity index (χ4n) is 1.21. The zero-order chi connectivity index (χ0) is 11.6. The van der Waals surface area contributed by atoms with Crippen molar-refractivity contribution < 1.29 is 4.79 Å². The lowest BCUT2D eigenvalue weighted by Crippen LogP contribution is -2.46. The van der Waals surface area contributed by atoms with Crippen molar-refractivity contribution in [1.29, 1.82) is 0 Å². The van der Waals surface area contributed by atoms with Gasteiger partial charge in [0.2, 0.25) is 0 Å². The molecule has 0 aliphatic heterocycles. The topological polar surface area (TPSA) is 38.1 Å². The zero-order valence-electron chi connectivity index (χ0n) is 10.1. The molecule has 1 aromatic rings. The van der Waals surface area contributed by atoms with E-state index in [1.165, 1.54) is 0 Å². The summed E-state index contributed by atoms with van der Waals surface area (Å²) in [6, 6.07) is 0. The summed E-state index contributed by atoms with van der Waals surface area (Å²) < 4.78 is 1.71. The van der Waals surface area contributed by atoms with Gasteiger partial charge < -0.3 is 0 Å². The third kappa shape index (κ3) is 2.65. The molecular weight excluding hydrogens is 190 g/mol. The number of ketones is 1. The average molecular weight is 209 g/mol. The minimum Gasteiger partial charge on any atom is -0.298 e. The molecule has 0 saturated carbocycles. The van der Waals surface area contributed by atoms with Crippen molar-refractivity contribution in [1.82, 2.24) is 14.7 Å². The maximum atomic E-state index is 12.0. The van der Waals surface area contributed by atoms with Gasteiger partial charge in [-0.2, -0.15) is 5.10 Å². The first-order valence-electron chi connectivity index (χ1n) is 5.02. The van der Waals surface area contributed by atoms with Crippen LogP contribution in [-0.2, 0) is 18.3 Å². The second-order valence-corrected chi connectivity index (χ2v) is 4.58. The SMILES string of the molecule is CN(C)C(C)(C)C(=O)Cc1cnn(C)c1. The van der Waals surface area contributed by atoms with E-state index in [1.807, 2.05) is 46.1 Å². The summed E-state index contributed by atoms with van der Waals surface area (Å²) in [7, 11) is 5.69. The lowest BCUT2D eigenvalue weighted by atomic mass is 9.93. The Hall–Kier alpha value is -1.16. The van der Waals surface area contributed by atoms with Crippen molar-refractivity contribution >= 4 is 5.78 Å². The van der Waals surface area contributed by atoms with Crippen molar-refractivity contribution in [3.05, 3.63) is 18.0 Å². The average Bonchev–Trinajstić information content (AvgIpc) is 2.50. The molecule has 0 aliphatic rings. The maximum absolute atomic E-state index is 12.0. The summed E-state index contributed by atoms with van der Waals surface area (Å²) in [5.74, 6) is 0.209. The normalized spacial score (nSPS) is 12.1. The predicted molar refractivity (Wildman–Crippen MR) is 59.7 cm³/mol. The van der Waals surface area contributed by atoms with E-state index < -0.39 is 5.54 Å². The molecule has 0 aliphatic carbocycles. The molecule has 15 heavy (non-hydrogen) atoms. The highest BCUT2D eigenvalue weighted by molar-refractivity contribution is 5.89. The van der Waals surface area contributed by atoms with Gasteiger partial charge in [-0.1, -0.05) is 0 Å². The van der Waals surface area contributed by atoms with E-state index in [2.05, 4.69) is 5.10 Å². The summed E-state index contributed by atoms with van der Waals surface area (Å²) in [6.45, 7) is 3.87. The second kappa shape index (κ2) is 4.14. The molecule has 0 saturated heterocycles. The van der Waals surface area contributed by atoms with Gasteiger partial charge in [-0.3, -0.25) is 14.4 Å². The van der Waals surface area contributed by atoms with Crippen molar-refractivity contribution in [2.24, 2.45) is 7.05 Å². The largest absolute Gasteiger partial charge is 0.298 e. The van der Waals surface area contributed by atoms with Crippen molar-refractivity contribution in [2.75, 3.05) is 14.1 Å². The highest BCUT2D eigenvalue weighted by Gasteiger charge is 2.29. The van der Waals surface area contributed by atoms with Crippen LogP contribution in [-0.4, -0.2) is 40.1 Å². The predicted octanol–water partition coefficient (Wildman–Crippen LogP) is 0.872. The molecule has 1 aromatic heterocycles. The van der Waals surface area contributed by atoms with Crippen LogP contribution < -0.4 is 0 Å². The Morgan fingerprint density at radius 1 is 1.53 bits per heavy atom. The van der Waals surface area contributed by atoms with Gasteiger partial charge in [0.05, 0.1) is 11.7 Å². The number of hydrogen-bond donors (Lipinski definition) is 0. The number of hydrogen-bond acceptors (Lipinski definition) is 3. The molecule has 0 unspecified atom stereocenters. The second-order valence-electron chi connectivity index (χ2n) is 4.58. The summed E-state index contributed by atoms with van der Waals surface area (Å²) in [5, 5.41) is 4.05. The van der Waals surface area contributed by atoms with E-state index in [9.17, 15) is 4.79 Å². The van der Waals surface area contributed by atoms with Crippen LogP contribution in [0.3, 0.4) is 0 Å². The number of rotatable bonds is 4. The summed E-state index contributed by atoms with van der Waals surface area (Å²) >= 11 is 0. The van der Waals surface area contributed by atoms with Crippen molar-refractivity contribution in [3.8, 4) is 0 Å². The fraction of sp³-hybridized carbons (Fsp3) is 0.636. The van der Waals surface area contributed by atoms with E-state index in [1.54, 1.807) is 10.9 Å². The number of likely N-dealkylation sites (N-methyl/N-ethyl adjacent to an activating group) is 1. The van der Waals surface area contributed by atoms with Crippen LogP contribution in [0.15, 0.2) is 12.4 Å². The van der Waals surface area contributed by atoms with Crippen LogP contribution in [0, 0.1) is 0 Å². The monoisotopic (exact) mass is 209 g/mol. The Labute approximate surface area is 90.9 Å². The molecule has 0 atom stereocenters. The minimum absolute atomic E-state index is 0.209. The number of nitrogens with zero attached hydrogens (tertiary/aromatic N) is 3. The van der Waals surface area contributed by atoms with Crippen LogP contribution >= 0.6 is 0 Å². The zero-order valence-corrected chi connectivity index (χ0v) is 10.1. The van der Waals surface area contributed by atoms with Gasteiger partial charge in [0.1, 0.15) is 0 Å². The van der Waals surface area contributed by atoms with Gasteiger partial charge in [0, 0.05) is 19.7 Å². The quantitative estimate of drug-likeness (QED) is 0.738. The summed E-state index contributed by atoms with van der Waals surface area (Å²) in [4.78, 5) is 13.9. The molecule has 4 nitrogen and oxygen atoms in total. The molecule has 0 N–H and O–H groups in total. The van der Waals surface area contributed by atoms with E-state index >= 15 is 0 Å². The summed E-state index contributed by atoms with van der Waals surface area (Å²) in [6.07, 6.45) is 4.06. The number of carbonyl (C=O) groups is 1. The molecule has 0 spiro atoms. The maximum Gasteiger partial charge on any atom is 0.156 e. The van der Waals surface area contributed by atoms with Crippen LogP contribution in [0.2, 0.25) is 0 Å². The molecule has 0 radical (unpaired) electrons.